The average Bonchev–Trinajstić information content (AvgIpc) is 3.24. The lowest BCUT2D eigenvalue weighted by atomic mass is 9.96. The van der Waals surface area contributed by atoms with E-state index in [4.69, 9.17) is 21.2 Å². The van der Waals surface area contributed by atoms with Crippen molar-refractivity contribution in [2.24, 2.45) is 5.73 Å². The number of nitrogen functional groups attached to an aromatic ring is 1. The van der Waals surface area contributed by atoms with E-state index in [9.17, 15) is 4.39 Å². The van der Waals surface area contributed by atoms with E-state index in [0.717, 1.165) is 83.5 Å². The molecule has 2 aliphatic rings. The molecule has 186 valence electrons. The van der Waals surface area contributed by atoms with Crippen molar-refractivity contribution in [3.63, 3.8) is 0 Å². The summed E-state index contributed by atoms with van der Waals surface area (Å²) < 4.78 is 20.5. The van der Waals surface area contributed by atoms with Crippen LogP contribution in [0.1, 0.15) is 37.7 Å². The number of hydrogen-bond acceptors (Lipinski definition) is 6. The number of piperidine rings is 1. The fourth-order valence-electron chi connectivity index (χ4n) is 5.17. The van der Waals surface area contributed by atoms with E-state index >= 15 is 0 Å². The monoisotopic (exact) mass is 486 g/mol. The smallest absolute Gasteiger partial charge is 0.144 e. The van der Waals surface area contributed by atoms with E-state index in [-0.39, 0.29) is 11.9 Å². The number of benzene rings is 2. The zero-order valence-electron chi connectivity index (χ0n) is 20.4. The van der Waals surface area contributed by atoms with Crippen LogP contribution in [0.2, 0.25) is 0 Å². The van der Waals surface area contributed by atoms with Gasteiger partial charge in [-0.1, -0.05) is 6.07 Å². The van der Waals surface area contributed by atoms with Crippen molar-refractivity contribution in [3.05, 3.63) is 54.0 Å². The number of pyridine rings is 1. The van der Waals surface area contributed by atoms with Crippen molar-refractivity contribution >= 4 is 22.5 Å². The normalized spacial score (nSPS) is 16.9. The van der Waals surface area contributed by atoms with Crippen LogP contribution in [0.3, 0.4) is 0 Å². The Hall–Kier alpha value is -3.65. The van der Waals surface area contributed by atoms with Gasteiger partial charge in [-0.15, -0.1) is 0 Å². The second-order valence-electron chi connectivity index (χ2n) is 10.1. The van der Waals surface area contributed by atoms with Crippen LogP contribution in [-0.2, 0) is 0 Å². The number of aromatic nitrogens is 3. The number of rotatable bonds is 5. The maximum absolute atomic E-state index is 14.4. The van der Waals surface area contributed by atoms with Crippen LogP contribution < -0.4 is 21.1 Å². The van der Waals surface area contributed by atoms with Crippen LogP contribution in [-0.4, -0.2) is 40.2 Å². The van der Waals surface area contributed by atoms with Gasteiger partial charge in [-0.05, 0) is 74.4 Å². The second-order valence-corrected chi connectivity index (χ2v) is 10.1. The molecule has 2 aromatic carbocycles. The van der Waals surface area contributed by atoms with Crippen molar-refractivity contribution < 1.29 is 9.13 Å². The lowest BCUT2D eigenvalue weighted by Crippen LogP contribution is -2.40. The van der Waals surface area contributed by atoms with E-state index in [1.807, 2.05) is 31.2 Å². The zero-order valence-corrected chi connectivity index (χ0v) is 20.4. The molecule has 1 saturated heterocycles. The molecule has 8 heteroatoms. The summed E-state index contributed by atoms with van der Waals surface area (Å²) in [5.74, 6) is 1.57. The van der Waals surface area contributed by atoms with Gasteiger partial charge < -0.3 is 26.1 Å². The third-order valence-corrected chi connectivity index (χ3v) is 7.33. The fourth-order valence-corrected chi connectivity index (χ4v) is 5.17. The molecule has 36 heavy (non-hydrogen) atoms. The largest absolute Gasteiger partial charge is 0.490 e. The third kappa shape index (κ3) is 4.26. The summed E-state index contributed by atoms with van der Waals surface area (Å²) in [6.45, 7) is 3.44. The summed E-state index contributed by atoms with van der Waals surface area (Å²) in [6, 6.07) is 11.1. The first kappa shape index (κ1) is 22.8. The SMILES string of the molecule is Cc1cc(F)cc(-c2cnc(N)c(-c3nc4ccc(OC5CCC5)cc4[nH]3)c2N2CCC(N)CC2)c1. The highest BCUT2D eigenvalue weighted by Crippen LogP contribution is 2.43. The van der Waals surface area contributed by atoms with E-state index in [2.05, 4.69) is 14.9 Å². The van der Waals surface area contributed by atoms with Crippen molar-refractivity contribution in [3.8, 4) is 28.3 Å². The Labute approximate surface area is 209 Å². The molecule has 5 N–H and O–H groups in total. The number of hydrogen-bond donors (Lipinski definition) is 3. The number of nitrogens with zero attached hydrogens (tertiary/aromatic N) is 3. The van der Waals surface area contributed by atoms with Gasteiger partial charge in [0.2, 0.25) is 0 Å². The predicted molar refractivity (Wildman–Crippen MR) is 142 cm³/mol. The highest BCUT2D eigenvalue weighted by molar-refractivity contribution is 5.95. The lowest BCUT2D eigenvalue weighted by molar-refractivity contribution is 0.120. The van der Waals surface area contributed by atoms with Crippen molar-refractivity contribution in [2.75, 3.05) is 23.7 Å². The van der Waals surface area contributed by atoms with Crippen LogP contribution >= 0.6 is 0 Å². The summed E-state index contributed by atoms with van der Waals surface area (Å²) in [6.07, 6.45) is 7.19. The highest BCUT2D eigenvalue weighted by atomic mass is 19.1. The van der Waals surface area contributed by atoms with Gasteiger partial charge in [0.05, 0.1) is 28.4 Å². The Morgan fingerprint density at radius 3 is 2.61 bits per heavy atom. The minimum absolute atomic E-state index is 0.170. The number of imidazole rings is 1. The first-order valence-corrected chi connectivity index (χ1v) is 12.7. The van der Waals surface area contributed by atoms with Gasteiger partial charge in [0.1, 0.15) is 23.2 Å². The Kier molecular flexibility index (Phi) is 5.76. The summed E-state index contributed by atoms with van der Waals surface area (Å²) in [7, 11) is 0. The molecule has 7 nitrogen and oxygen atoms in total. The van der Waals surface area contributed by atoms with Gasteiger partial charge in [0.15, 0.2) is 0 Å². The van der Waals surface area contributed by atoms with Gasteiger partial charge in [-0.3, -0.25) is 0 Å². The van der Waals surface area contributed by atoms with E-state index < -0.39 is 0 Å². The molecular weight excluding hydrogens is 455 g/mol. The van der Waals surface area contributed by atoms with E-state index in [1.54, 1.807) is 12.3 Å². The van der Waals surface area contributed by atoms with Crippen LogP contribution in [0.5, 0.6) is 5.75 Å². The molecule has 0 amide bonds. The van der Waals surface area contributed by atoms with Gasteiger partial charge in [-0.2, -0.15) is 0 Å². The molecule has 3 heterocycles. The van der Waals surface area contributed by atoms with Crippen molar-refractivity contribution in [2.45, 2.75) is 51.2 Å². The Morgan fingerprint density at radius 2 is 1.89 bits per heavy atom. The summed E-state index contributed by atoms with van der Waals surface area (Å²) in [5, 5.41) is 0. The number of anilines is 2. The quantitative estimate of drug-likeness (QED) is 0.359. The maximum atomic E-state index is 14.4. The van der Waals surface area contributed by atoms with Gasteiger partial charge in [0, 0.05) is 37.0 Å². The number of halogens is 1. The van der Waals surface area contributed by atoms with Crippen molar-refractivity contribution in [1.29, 1.82) is 0 Å². The molecule has 0 unspecified atom stereocenters. The van der Waals surface area contributed by atoms with Gasteiger partial charge >= 0.3 is 0 Å². The number of fused-ring (bicyclic) bond motifs is 1. The molecule has 0 radical (unpaired) electrons. The number of H-pyrrole nitrogens is 1. The molecule has 0 bridgehead atoms. The molecule has 4 aromatic rings. The van der Waals surface area contributed by atoms with Crippen LogP contribution in [0.4, 0.5) is 15.9 Å². The van der Waals surface area contributed by atoms with Crippen LogP contribution in [0.15, 0.2) is 42.6 Å². The van der Waals surface area contributed by atoms with Gasteiger partial charge in [0.25, 0.3) is 0 Å². The number of aryl methyl sites for hydroxylation is 1. The molecule has 1 saturated carbocycles. The number of nitrogens with one attached hydrogen (secondary N) is 1. The fraction of sp³-hybridized carbons (Fsp3) is 0.357. The zero-order chi connectivity index (χ0) is 24.8. The molecule has 1 aliphatic carbocycles. The highest BCUT2D eigenvalue weighted by Gasteiger charge is 2.27. The van der Waals surface area contributed by atoms with E-state index in [1.165, 1.54) is 12.5 Å². The first-order chi connectivity index (χ1) is 17.4. The Balaban J connectivity index is 1.49. The molecule has 6 rings (SSSR count). The predicted octanol–water partition coefficient (Wildman–Crippen LogP) is 5.18. The molecule has 0 spiro atoms. The minimum atomic E-state index is -0.280. The summed E-state index contributed by atoms with van der Waals surface area (Å²) in [5.41, 5.74) is 18.5. The molecule has 1 aliphatic heterocycles. The topological polar surface area (TPSA) is 106 Å². The van der Waals surface area contributed by atoms with Crippen LogP contribution in [0.25, 0.3) is 33.5 Å². The average molecular weight is 487 g/mol. The maximum Gasteiger partial charge on any atom is 0.144 e. The Morgan fingerprint density at radius 1 is 1.08 bits per heavy atom. The molecule has 2 fully saturated rings. The summed E-state index contributed by atoms with van der Waals surface area (Å²) in [4.78, 5) is 15.1. The first-order valence-electron chi connectivity index (χ1n) is 12.7. The number of nitrogens with two attached hydrogens (primary N) is 2. The Bertz CT molecular complexity index is 1400. The van der Waals surface area contributed by atoms with Crippen molar-refractivity contribution in [1.82, 2.24) is 15.0 Å². The minimum Gasteiger partial charge on any atom is -0.490 e. The standard InChI is InChI=1S/C28H31FN6O/c1-16-11-17(13-18(29)12-16)22-15-32-27(31)25(26(22)35-9-7-19(30)8-10-35)28-33-23-6-5-21(14-24(23)34-28)36-20-3-2-4-20/h5-6,11-15,19-20H,2-4,7-10,30H2,1H3,(H2,31,32)(H,33,34). The summed E-state index contributed by atoms with van der Waals surface area (Å²) >= 11 is 0. The molecule has 0 atom stereocenters. The van der Waals surface area contributed by atoms with E-state index in [0.29, 0.717) is 17.7 Å². The van der Waals surface area contributed by atoms with Gasteiger partial charge in [-0.25, -0.2) is 14.4 Å². The number of ether oxygens (including phenoxy) is 1. The molecular formula is C28H31FN6O. The lowest BCUT2D eigenvalue weighted by Gasteiger charge is -2.34. The molecule has 2 aromatic heterocycles. The third-order valence-electron chi connectivity index (χ3n) is 7.33. The number of aromatic amines is 1. The second kappa shape index (κ2) is 9.09. The van der Waals surface area contributed by atoms with Crippen LogP contribution in [0, 0.1) is 12.7 Å².